The second-order valence-corrected chi connectivity index (χ2v) is 12.1. The monoisotopic (exact) mass is 546 g/mol. The van der Waals surface area contributed by atoms with E-state index < -0.39 is 27.9 Å². The smallest absolute Gasteiger partial charge is 0.311 e. The van der Waals surface area contributed by atoms with Crippen LogP contribution in [0, 0.1) is 0 Å². The number of halogens is 3. The summed E-state index contributed by atoms with van der Waals surface area (Å²) in [6.07, 6.45) is 0.766. The number of alkyl halides is 2. The fourth-order valence-corrected chi connectivity index (χ4v) is 5.10. The molecule has 0 radical (unpaired) electrons. The van der Waals surface area contributed by atoms with Crippen molar-refractivity contribution in [1.29, 1.82) is 0 Å². The molecule has 5 rings (SSSR count). The SMILES string of the molecule is CC[C@H]1OC[C@@H](Oc2nc3nc(-c4ccc(-c5ccc(N=S(C)(C)=O)cc5)cc4)c(Cl)cc3[nH]2)C1(F)F. The van der Waals surface area contributed by atoms with Crippen molar-refractivity contribution < 1.29 is 22.5 Å². The molecule has 194 valence electrons. The molecular weight excluding hydrogens is 522 g/mol. The molecule has 3 heterocycles. The number of hydrogen-bond acceptors (Lipinski definition) is 6. The molecule has 1 saturated heterocycles. The maximum absolute atomic E-state index is 14.5. The first-order chi connectivity index (χ1) is 17.5. The minimum atomic E-state index is -3.12. The van der Waals surface area contributed by atoms with Gasteiger partial charge in [0.05, 0.1) is 28.5 Å². The van der Waals surface area contributed by atoms with E-state index in [0.717, 1.165) is 16.7 Å². The molecule has 1 N–H and O–H groups in total. The number of fused-ring (bicyclic) bond motifs is 1. The summed E-state index contributed by atoms with van der Waals surface area (Å²) in [4.78, 5) is 11.7. The van der Waals surface area contributed by atoms with Crippen molar-refractivity contribution in [3.8, 4) is 28.4 Å². The lowest BCUT2D eigenvalue weighted by Gasteiger charge is -2.20. The topological polar surface area (TPSA) is 89.5 Å². The summed E-state index contributed by atoms with van der Waals surface area (Å²) in [5.41, 5.74) is 4.67. The van der Waals surface area contributed by atoms with Crippen molar-refractivity contribution in [2.75, 3.05) is 19.1 Å². The Morgan fingerprint density at radius 1 is 1.11 bits per heavy atom. The fourth-order valence-electron chi connectivity index (χ4n) is 4.21. The maximum Gasteiger partial charge on any atom is 0.311 e. The standard InChI is InChI=1S/C26H25ClF2N4O3S/c1-4-21-26(28,29)22(14-35-21)36-25-30-20-13-19(27)23(31-24(20)32-25)17-7-5-15(6-8-17)16-9-11-18(12-10-16)33-37(2,3)34/h5-13,21-22H,4,14H2,1-3H3,(H,30,31,32)/t21-,22-/m1/s1. The first kappa shape index (κ1) is 25.6. The van der Waals surface area contributed by atoms with Crippen LogP contribution in [0.5, 0.6) is 6.01 Å². The van der Waals surface area contributed by atoms with Gasteiger partial charge in [0.2, 0.25) is 0 Å². The Hall–Kier alpha value is -3.08. The lowest BCUT2D eigenvalue weighted by atomic mass is 10.0. The molecule has 1 fully saturated rings. The number of nitrogens with one attached hydrogen (secondary N) is 1. The van der Waals surface area contributed by atoms with Crippen LogP contribution >= 0.6 is 11.6 Å². The molecule has 37 heavy (non-hydrogen) atoms. The minimum absolute atomic E-state index is 0.0618. The molecule has 11 heteroatoms. The van der Waals surface area contributed by atoms with Gasteiger partial charge in [-0.05, 0) is 35.7 Å². The average molecular weight is 547 g/mol. The van der Waals surface area contributed by atoms with E-state index in [0.29, 0.717) is 27.6 Å². The fraction of sp³-hybridized carbons (Fsp3) is 0.308. The molecule has 1 aliphatic rings. The van der Waals surface area contributed by atoms with Crippen molar-refractivity contribution in [3.63, 3.8) is 0 Å². The number of aromatic nitrogens is 3. The second-order valence-electron chi connectivity index (χ2n) is 9.14. The van der Waals surface area contributed by atoms with Gasteiger partial charge in [0.1, 0.15) is 6.10 Å². The molecule has 2 aromatic heterocycles. The number of H-pyrrole nitrogens is 1. The predicted molar refractivity (Wildman–Crippen MR) is 141 cm³/mol. The Kier molecular flexibility index (Phi) is 6.68. The first-order valence-electron chi connectivity index (χ1n) is 11.6. The zero-order valence-corrected chi connectivity index (χ0v) is 21.9. The van der Waals surface area contributed by atoms with Gasteiger partial charge in [0, 0.05) is 27.8 Å². The summed E-state index contributed by atoms with van der Waals surface area (Å²) >= 11 is 6.50. The third kappa shape index (κ3) is 5.32. The van der Waals surface area contributed by atoms with Crippen LogP contribution in [-0.4, -0.2) is 56.4 Å². The van der Waals surface area contributed by atoms with Gasteiger partial charge in [-0.25, -0.2) is 9.19 Å². The van der Waals surface area contributed by atoms with Crippen LogP contribution in [0.4, 0.5) is 14.5 Å². The summed E-state index contributed by atoms with van der Waals surface area (Å²) in [5.74, 6) is -3.12. The van der Waals surface area contributed by atoms with Crippen molar-refractivity contribution in [1.82, 2.24) is 15.0 Å². The molecule has 2 atom stereocenters. The number of imidazole rings is 1. The number of benzene rings is 2. The Morgan fingerprint density at radius 2 is 1.73 bits per heavy atom. The van der Waals surface area contributed by atoms with Crippen LogP contribution in [0.1, 0.15) is 13.3 Å². The van der Waals surface area contributed by atoms with Crippen molar-refractivity contribution >= 4 is 38.2 Å². The highest BCUT2D eigenvalue weighted by Gasteiger charge is 2.54. The number of hydrogen-bond donors (Lipinski definition) is 1. The zero-order chi connectivity index (χ0) is 26.4. The van der Waals surface area contributed by atoms with Gasteiger partial charge < -0.3 is 14.5 Å². The third-order valence-corrected chi connectivity index (χ3v) is 6.96. The van der Waals surface area contributed by atoms with Gasteiger partial charge in [-0.3, -0.25) is 0 Å². The molecule has 0 unspecified atom stereocenters. The molecule has 0 saturated carbocycles. The molecule has 0 bridgehead atoms. The predicted octanol–water partition coefficient (Wildman–Crippen LogP) is 6.50. The first-order valence-corrected chi connectivity index (χ1v) is 14.3. The number of ether oxygens (including phenoxy) is 2. The van der Waals surface area contributed by atoms with E-state index in [2.05, 4.69) is 19.3 Å². The van der Waals surface area contributed by atoms with E-state index in [1.807, 2.05) is 48.5 Å². The lowest BCUT2D eigenvalue weighted by molar-refractivity contribution is -0.106. The van der Waals surface area contributed by atoms with Crippen molar-refractivity contribution in [2.24, 2.45) is 4.36 Å². The van der Waals surface area contributed by atoms with E-state index in [4.69, 9.17) is 21.1 Å². The van der Waals surface area contributed by atoms with Crippen LogP contribution < -0.4 is 4.74 Å². The van der Waals surface area contributed by atoms with E-state index in [1.165, 1.54) is 0 Å². The van der Waals surface area contributed by atoms with Crippen molar-refractivity contribution in [2.45, 2.75) is 31.5 Å². The number of pyridine rings is 1. The van der Waals surface area contributed by atoms with Gasteiger partial charge in [-0.2, -0.15) is 18.1 Å². The van der Waals surface area contributed by atoms with Crippen LogP contribution in [0.3, 0.4) is 0 Å². The highest BCUT2D eigenvalue weighted by molar-refractivity contribution is 7.92. The van der Waals surface area contributed by atoms with Crippen LogP contribution in [-0.2, 0) is 14.5 Å². The zero-order valence-electron chi connectivity index (χ0n) is 20.4. The van der Waals surface area contributed by atoms with E-state index in [1.54, 1.807) is 25.5 Å². The number of nitrogens with zero attached hydrogens (tertiary/aromatic N) is 3. The summed E-state index contributed by atoms with van der Waals surface area (Å²) in [6.45, 7) is 1.43. The normalized spacial score (nSPS) is 19.3. The average Bonchev–Trinajstić information content (AvgIpc) is 3.36. The Morgan fingerprint density at radius 3 is 2.32 bits per heavy atom. The highest BCUT2D eigenvalue weighted by atomic mass is 35.5. The summed E-state index contributed by atoms with van der Waals surface area (Å²) in [6, 6.07) is 16.8. The lowest BCUT2D eigenvalue weighted by Crippen LogP contribution is -2.41. The molecule has 1 aliphatic heterocycles. The van der Waals surface area contributed by atoms with Crippen LogP contribution in [0.2, 0.25) is 5.02 Å². The van der Waals surface area contributed by atoms with E-state index in [9.17, 15) is 13.0 Å². The summed E-state index contributed by atoms with van der Waals surface area (Å²) < 4.78 is 55.6. The summed E-state index contributed by atoms with van der Waals surface area (Å²) in [5, 5.41) is 0.379. The van der Waals surface area contributed by atoms with Crippen LogP contribution in [0.15, 0.2) is 59.0 Å². The minimum Gasteiger partial charge on any atom is -0.452 e. The van der Waals surface area contributed by atoms with E-state index in [-0.39, 0.29) is 19.0 Å². The number of aromatic amines is 1. The highest BCUT2D eigenvalue weighted by Crippen LogP contribution is 2.37. The van der Waals surface area contributed by atoms with Gasteiger partial charge in [0.15, 0.2) is 11.8 Å². The van der Waals surface area contributed by atoms with Gasteiger partial charge in [0.25, 0.3) is 6.01 Å². The van der Waals surface area contributed by atoms with Gasteiger partial charge in [-0.1, -0.05) is 54.9 Å². The molecule has 0 amide bonds. The maximum atomic E-state index is 14.5. The Bertz CT molecular complexity index is 1560. The molecule has 2 aromatic carbocycles. The molecule has 0 aliphatic carbocycles. The van der Waals surface area contributed by atoms with Crippen LogP contribution in [0.25, 0.3) is 33.5 Å². The Labute approximate surface area is 218 Å². The Balaban J connectivity index is 1.37. The quantitative estimate of drug-likeness (QED) is 0.298. The summed E-state index contributed by atoms with van der Waals surface area (Å²) in [7, 11) is -2.22. The number of rotatable bonds is 6. The molecular formula is C26H25ClF2N4O3S. The third-order valence-electron chi connectivity index (χ3n) is 6.02. The molecule has 4 aromatic rings. The van der Waals surface area contributed by atoms with Gasteiger partial charge in [-0.15, -0.1) is 0 Å². The van der Waals surface area contributed by atoms with Gasteiger partial charge >= 0.3 is 5.92 Å². The molecule has 0 spiro atoms. The molecule has 7 nitrogen and oxygen atoms in total. The van der Waals surface area contributed by atoms with E-state index >= 15 is 0 Å². The van der Waals surface area contributed by atoms with Crippen molar-refractivity contribution in [3.05, 3.63) is 59.6 Å². The largest absolute Gasteiger partial charge is 0.452 e. The second kappa shape index (κ2) is 9.66.